The Bertz CT molecular complexity index is 500. The van der Waals surface area contributed by atoms with Gasteiger partial charge in [0.1, 0.15) is 0 Å². The maximum Gasteiger partial charge on any atom is 0.235 e. The standard InChI is InChI=1S/C10H8N2O2/c13-12(14)7-5-8-2-1-3-10-9(8)4-6-11-10/h1-7,11H. The first kappa shape index (κ1) is 8.50. The fourth-order valence-corrected chi connectivity index (χ4v) is 1.40. The predicted octanol–water partition coefficient (Wildman–Crippen LogP) is 2.42. The summed E-state index contributed by atoms with van der Waals surface area (Å²) in [4.78, 5) is 12.7. The van der Waals surface area contributed by atoms with Crippen molar-refractivity contribution >= 4 is 17.0 Å². The van der Waals surface area contributed by atoms with E-state index in [1.54, 1.807) is 0 Å². The zero-order valence-electron chi connectivity index (χ0n) is 7.31. The molecule has 0 spiro atoms. The van der Waals surface area contributed by atoms with Gasteiger partial charge in [0.15, 0.2) is 0 Å². The second-order valence-electron chi connectivity index (χ2n) is 2.89. The van der Waals surface area contributed by atoms with E-state index in [0.717, 1.165) is 22.7 Å². The molecule has 1 aromatic heterocycles. The SMILES string of the molecule is O=[N+]([O-])C=Cc1cccc2[nH]ccc12. The van der Waals surface area contributed by atoms with Gasteiger partial charge in [-0.15, -0.1) is 0 Å². The zero-order valence-corrected chi connectivity index (χ0v) is 7.31. The van der Waals surface area contributed by atoms with Crippen molar-refractivity contribution in [2.75, 3.05) is 0 Å². The van der Waals surface area contributed by atoms with Crippen molar-refractivity contribution in [3.05, 3.63) is 52.3 Å². The molecule has 0 radical (unpaired) electrons. The van der Waals surface area contributed by atoms with E-state index in [2.05, 4.69) is 4.98 Å². The first-order valence-corrected chi connectivity index (χ1v) is 4.15. The van der Waals surface area contributed by atoms with E-state index in [9.17, 15) is 10.1 Å². The molecule has 0 saturated heterocycles. The number of hydrogen-bond acceptors (Lipinski definition) is 2. The summed E-state index contributed by atoms with van der Waals surface area (Å²) in [5.74, 6) is 0. The van der Waals surface area contributed by atoms with Gasteiger partial charge in [-0.1, -0.05) is 12.1 Å². The van der Waals surface area contributed by atoms with Crippen molar-refractivity contribution in [1.82, 2.24) is 4.98 Å². The van der Waals surface area contributed by atoms with E-state index in [-0.39, 0.29) is 0 Å². The van der Waals surface area contributed by atoms with Crippen LogP contribution in [-0.4, -0.2) is 9.91 Å². The van der Waals surface area contributed by atoms with Crippen LogP contribution in [0.1, 0.15) is 5.56 Å². The Morgan fingerprint density at radius 3 is 3.00 bits per heavy atom. The monoisotopic (exact) mass is 188 g/mol. The summed E-state index contributed by atoms with van der Waals surface area (Å²) in [5, 5.41) is 11.1. The molecule has 4 heteroatoms. The van der Waals surface area contributed by atoms with Gasteiger partial charge in [-0.3, -0.25) is 10.1 Å². The minimum atomic E-state index is -0.467. The molecule has 1 aromatic carbocycles. The molecule has 0 aliphatic heterocycles. The number of nitrogens with zero attached hydrogens (tertiary/aromatic N) is 1. The van der Waals surface area contributed by atoms with E-state index in [1.165, 1.54) is 6.08 Å². The van der Waals surface area contributed by atoms with Crippen LogP contribution < -0.4 is 0 Å². The fourth-order valence-electron chi connectivity index (χ4n) is 1.40. The van der Waals surface area contributed by atoms with E-state index >= 15 is 0 Å². The number of aromatic nitrogens is 1. The quantitative estimate of drug-likeness (QED) is 0.581. The first-order chi connectivity index (χ1) is 6.77. The van der Waals surface area contributed by atoms with Crippen LogP contribution in [0, 0.1) is 10.1 Å². The topological polar surface area (TPSA) is 58.9 Å². The molecular weight excluding hydrogens is 180 g/mol. The van der Waals surface area contributed by atoms with Gasteiger partial charge in [0.05, 0.1) is 4.92 Å². The van der Waals surface area contributed by atoms with Crippen molar-refractivity contribution in [3.63, 3.8) is 0 Å². The Balaban J connectivity index is 2.51. The summed E-state index contributed by atoms with van der Waals surface area (Å²) in [7, 11) is 0. The molecule has 1 heterocycles. The van der Waals surface area contributed by atoms with Gasteiger partial charge in [-0.05, 0) is 17.7 Å². The van der Waals surface area contributed by atoms with Crippen molar-refractivity contribution in [3.8, 4) is 0 Å². The predicted molar refractivity (Wildman–Crippen MR) is 54.3 cm³/mol. The van der Waals surface area contributed by atoms with Crippen LogP contribution in [-0.2, 0) is 0 Å². The van der Waals surface area contributed by atoms with E-state index in [0.29, 0.717) is 0 Å². The summed E-state index contributed by atoms with van der Waals surface area (Å²) in [6, 6.07) is 7.53. The van der Waals surface area contributed by atoms with Crippen LogP contribution >= 0.6 is 0 Å². The molecule has 0 bridgehead atoms. The van der Waals surface area contributed by atoms with Gasteiger partial charge in [-0.2, -0.15) is 0 Å². The van der Waals surface area contributed by atoms with Crippen molar-refractivity contribution in [2.45, 2.75) is 0 Å². The molecule has 2 aromatic rings. The molecule has 0 fully saturated rings. The van der Waals surface area contributed by atoms with Crippen molar-refractivity contribution < 1.29 is 4.92 Å². The Kier molecular flexibility index (Phi) is 2.02. The molecule has 0 aliphatic rings. The number of nitro groups is 1. The molecule has 14 heavy (non-hydrogen) atoms. The van der Waals surface area contributed by atoms with Gasteiger partial charge < -0.3 is 4.98 Å². The van der Waals surface area contributed by atoms with Crippen LogP contribution in [0.15, 0.2) is 36.7 Å². The van der Waals surface area contributed by atoms with Gasteiger partial charge in [-0.25, -0.2) is 0 Å². The van der Waals surface area contributed by atoms with E-state index in [4.69, 9.17) is 0 Å². The molecule has 1 N–H and O–H groups in total. The molecule has 0 aliphatic carbocycles. The smallest absolute Gasteiger partial charge is 0.235 e. The number of hydrogen-bond donors (Lipinski definition) is 1. The maximum absolute atomic E-state index is 10.2. The summed E-state index contributed by atoms with van der Waals surface area (Å²) < 4.78 is 0. The number of benzene rings is 1. The number of fused-ring (bicyclic) bond motifs is 1. The third-order valence-electron chi connectivity index (χ3n) is 2.00. The zero-order chi connectivity index (χ0) is 9.97. The minimum absolute atomic E-state index is 0.467. The summed E-state index contributed by atoms with van der Waals surface area (Å²) in [6.07, 6.45) is 4.26. The number of H-pyrrole nitrogens is 1. The van der Waals surface area contributed by atoms with Crippen LogP contribution in [0.2, 0.25) is 0 Å². The molecule has 2 rings (SSSR count). The number of nitrogens with one attached hydrogen (secondary N) is 1. The maximum atomic E-state index is 10.2. The summed E-state index contributed by atoms with van der Waals surface area (Å²) in [5.41, 5.74) is 1.83. The second kappa shape index (κ2) is 3.33. The molecule has 0 saturated carbocycles. The number of rotatable bonds is 2. The highest BCUT2D eigenvalue weighted by Crippen LogP contribution is 2.18. The lowest BCUT2D eigenvalue weighted by molar-refractivity contribution is -0.400. The van der Waals surface area contributed by atoms with E-state index < -0.39 is 4.92 Å². The molecule has 0 atom stereocenters. The third kappa shape index (κ3) is 1.50. The first-order valence-electron chi connectivity index (χ1n) is 4.15. The average molecular weight is 188 g/mol. The van der Waals surface area contributed by atoms with Crippen molar-refractivity contribution in [2.24, 2.45) is 0 Å². The summed E-state index contributed by atoms with van der Waals surface area (Å²) >= 11 is 0. The molecular formula is C10H8N2O2. The van der Waals surface area contributed by atoms with Crippen LogP contribution in [0.3, 0.4) is 0 Å². The fraction of sp³-hybridized carbons (Fsp3) is 0. The normalized spacial score (nSPS) is 11.1. The largest absolute Gasteiger partial charge is 0.361 e. The average Bonchev–Trinajstić information content (AvgIpc) is 2.62. The Hall–Kier alpha value is -2.10. The van der Waals surface area contributed by atoms with Crippen LogP contribution in [0.25, 0.3) is 17.0 Å². The molecule has 0 unspecified atom stereocenters. The van der Waals surface area contributed by atoms with Crippen LogP contribution in [0.4, 0.5) is 0 Å². The summed E-state index contributed by atoms with van der Waals surface area (Å²) in [6.45, 7) is 0. The van der Waals surface area contributed by atoms with E-state index in [1.807, 2.05) is 30.5 Å². The molecule has 70 valence electrons. The highest BCUT2D eigenvalue weighted by atomic mass is 16.6. The van der Waals surface area contributed by atoms with Crippen LogP contribution in [0.5, 0.6) is 0 Å². The Morgan fingerprint density at radius 2 is 2.21 bits per heavy atom. The third-order valence-corrected chi connectivity index (χ3v) is 2.00. The van der Waals surface area contributed by atoms with Gasteiger partial charge in [0.2, 0.25) is 6.20 Å². The Morgan fingerprint density at radius 1 is 1.36 bits per heavy atom. The minimum Gasteiger partial charge on any atom is -0.361 e. The highest BCUT2D eigenvalue weighted by molar-refractivity contribution is 5.88. The lowest BCUT2D eigenvalue weighted by atomic mass is 10.1. The van der Waals surface area contributed by atoms with Gasteiger partial charge in [0.25, 0.3) is 0 Å². The lowest BCUT2D eigenvalue weighted by Crippen LogP contribution is -1.82. The second-order valence-corrected chi connectivity index (χ2v) is 2.89. The highest BCUT2D eigenvalue weighted by Gasteiger charge is 1.98. The molecule has 4 nitrogen and oxygen atoms in total. The van der Waals surface area contributed by atoms with Gasteiger partial charge >= 0.3 is 0 Å². The lowest BCUT2D eigenvalue weighted by Gasteiger charge is -1.93. The number of aromatic amines is 1. The van der Waals surface area contributed by atoms with Gasteiger partial charge in [0, 0.05) is 23.2 Å². The Labute approximate surface area is 80.0 Å². The molecule has 0 amide bonds. The van der Waals surface area contributed by atoms with Crippen molar-refractivity contribution in [1.29, 1.82) is 0 Å².